The van der Waals surface area contributed by atoms with Crippen LogP contribution < -0.4 is 10.8 Å². The largest absolute Gasteiger partial charge is 0.443 e. The molecule has 7 nitrogen and oxygen atoms in total. The Morgan fingerprint density at radius 2 is 2.15 bits per heavy atom. The molecule has 0 aliphatic rings. The molecule has 0 fully saturated rings. The molecule has 136 valence electrons. The summed E-state index contributed by atoms with van der Waals surface area (Å²) in [5.74, 6) is -2.34. The average Bonchev–Trinajstić information content (AvgIpc) is 3.08. The van der Waals surface area contributed by atoms with Crippen molar-refractivity contribution >= 4 is 44.3 Å². The number of nitrogens with zero attached hydrogens (tertiary/aromatic N) is 1. The van der Waals surface area contributed by atoms with Gasteiger partial charge in [0.05, 0.1) is 30.2 Å². The molecule has 0 spiro atoms. The third-order valence-electron chi connectivity index (χ3n) is 3.36. The van der Waals surface area contributed by atoms with Crippen LogP contribution in [0, 0.1) is 11.6 Å². The lowest BCUT2D eigenvalue weighted by Gasteiger charge is -2.14. The Labute approximate surface area is 154 Å². The first-order valence-corrected chi connectivity index (χ1v) is 8.11. The summed E-state index contributed by atoms with van der Waals surface area (Å²) in [5.41, 5.74) is 1.47. The minimum atomic E-state index is -0.883. The second-order valence-electron chi connectivity index (χ2n) is 5.06. The number of aliphatic hydroxyl groups is 1. The van der Waals surface area contributed by atoms with E-state index in [4.69, 9.17) is 14.4 Å². The van der Waals surface area contributed by atoms with E-state index >= 15 is 0 Å². The smallest absolute Gasteiger partial charge is 0.277 e. The zero-order chi connectivity index (χ0) is 18.7. The fourth-order valence-corrected chi connectivity index (χ4v) is 2.54. The normalized spacial score (nSPS) is 10.9. The highest BCUT2D eigenvalue weighted by Crippen LogP contribution is 2.32. The van der Waals surface area contributed by atoms with Gasteiger partial charge < -0.3 is 14.8 Å². The van der Waals surface area contributed by atoms with E-state index in [1.807, 2.05) is 0 Å². The summed E-state index contributed by atoms with van der Waals surface area (Å²) in [4.78, 5) is 20.8. The maximum Gasteiger partial charge on any atom is 0.277 e. The van der Waals surface area contributed by atoms with E-state index in [1.54, 1.807) is 6.07 Å². The first kappa shape index (κ1) is 18.2. The van der Waals surface area contributed by atoms with Gasteiger partial charge in [-0.3, -0.25) is 9.63 Å². The number of anilines is 2. The van der Waals surface area contributed by atoms with Crippen LogP contribution in [0.3, 0.4) is 0 Å². The van der Waals surface area contributed by atoms with Crippen LogP contribution in [0.1, 0.15) is 10.4 Å². The summed E-state index contributed by atoms with van der Waals surface area (Å²) in [6.07, 6.45) is 1.03. The molecule has 0 saturated heterocycles. The fraction of sp³-hybridized carbons (Fsp3) is 0.125. The van der Waals surface area contributed by atoms with Gasteiger partial charge in [0.1, 0.15) is 11.3 Å². The molecule has 0 aliphatic carbocycles. The molecule has 1 amide bonds. The maximum atomic E-state index is 14.8. The van der Waals surface area contributed by atoms with Crippen molar-refractivity contribution in [3.05, 3.63) is 52.3 Å². The Morgan fingerprint density at radius 1 is 1.35 bits per heavy atom. The molecule has 3 N–H and O–H groups in total. The molecule has 2 aromatic carbocycles. The molecule has 0 bridgehead atoms. The third-order valence-corrected chi connectivity index (χ3v) is 3.85. The van der Waals surface area contributed by atoms with Crippen molar-refractivity contribution in [3.63, 3.8) is 0 Å². The van der Waals surface area contributed by atoms with Crippen LogP contribution >= 0.6 is 15.9 Å². The van der Waals surface area contributed by atoms with Crippen molar-refractivity contribution in [3.8, 4) is 0 Å². The number of aliphatic hydroxyl groups excluding tert-OH is 1. The lowest BCUT2D eigenvalue weighted by molar-refractivity contribution is 0.0169. The second kappa shape index (κ2) is 7.77. The molecule has 0 saturated carbocycles. The Balaban J connectivity index is 2.04. The van der Waals surface area contributed by atoms with Crippen LogP contribution in [-0.4, -0.2) is 29.2 Å². The Bertz CT molecular complexity index is 964. The summed E-state index contributed by atoms with van der Waals surface area (Å²) >= 11 is 3.13. The first-order valence-electron chi connectivity index (χ1n) is 7.32. The highest BCUT2D eigenvalue weighted by atomic mass is 79.9. The van der Waals surface area contributed by atoms with E-state index in [0.29, 0.717) is 4.47 Å². The van der Waals surface area contributed by atoms with Crippen LogP contribution in [0.4, 0.5) is 20.2 Å². The number of hydrogen-bond donors (Lipinski definition) is 3. The number of carbonyl (C=O) groups excluding carboxylic acids is 1. The number of rotatable bonds is 6. The minimum absolute atomic E-state index is 0.0386. The summed E-state index contributed by atoms with van der Waals surface area (Å²) < 4.78 is 34.5. The predicted octanol–water partition coefficient (Wildman–Crippen LogP) is 3.27. The van der Waals surface area contributed by atoms with Gasteiger partial charge in [-0.1, -0.05) is 15.9 Å². The summed E-state index contributed by atoms with van der Waals surface area (Å²) in [7, 11) is 0. The number of carbonyl (C=O) groups is 1. The number of oxazole rings is 1. The summed E-state index contributed by atoms with van der Waals surface area (Å²) in [5, 5.41) is 11.3. The molecule has 0 aliphatic heterocycles. The molecule has 0 unspecified atom stereocenters. The highest BCUT2D eigenvalue weighted by molar-refractivity contribution is 9.10. The molecule has 0 radical (unpaired) electrons. The number of aromatic nitrogens is 1. The van der Waals surface area contributed by atoms with E-state index in [2.05, 4.69) is 31.7 Å². The standard InChI is InChI=1S/C16H12BrF2N3O4/c17-8-1-2-11(10(18)5-8)21-14-9(16(24)22-26-4-3-23)6-12-15(13(14)19)20-7-25-12/h1-2,5-7,21,23H,3-4H2,(H,22,24). The number of nitrogens with one attached hydrogen (secondary N) is 2. The van der Waals surface area contributed by atoms with Crippen molar-refractivity contribution in [1.29, 1.82) is 0 Å². The number of fused-ring (bicyclic) bond motifs is 1. The number of amides is 1. The van der Waals surface area contributed by atoms with Gasteiger partial charge in [-0.05, 0) is 24.3 Å². The number of benzene rings is 2. The van der Waals surface area contributed by atoms with Crippen LogP contribution in [0.25, 0.3) is 11.1 Å². The second-order valence-corrected chi connectivity index (χ2v) is 5.98. The Morgan fingerprint density at radius 3 is 2.88 bits per heavy atom. The highest BCUT2D eigenvalue weighted by Gasteiger charge is 2.22. The van der Waals surface area contributed by atoms with Crippen LogP contribution in [0.15, 0.2) is 39.5 Å². The first-order chi connectivity index (χ1) is 12.5. The SMILES string of the molecule is O=C(NOCCO)c1cc2ocnc2c(F)c1Nc1ccc(Br)cc1F. The topological polar surface area (TPSA) is 96.6 Å². The molecule has 1 heterocycles. The molecule has 3 rings (SSSR count). The van der Waals surface area contributed by atoms with Gasteiger partial charge in [0.25, 0.3) is 5.91 Å². The molecule has 26 heavy (non-hydrogen) atoms. The lowest BCUT2D eigenvalue weighted by Crippen LogP contribution is -2.26. The average molecular weight is 428 g/mol. The maximum absolute atomic E-state index is 14.8. The van der Waals surface area contributed by atoms with Gasteiger partial charge in [0, 0.05) is 4.47 Å². The third kappa shape index (κ3) is 3.66. The van der Waals surface area contributed by atoms with Crippen molar-refractivity contribution in [2.24, 2.45) is 0 Å². The summed E-state index contributed by atoms with van der Waals surface area (Å²) in [6, 6.07) is 5.39. The van der Waals surface area contributed by atoms with E-state index in [-0.39, 0.29) is 41.3 Å². The Kier molecular flexibility index (Phi) is 5.45. The molecular formula is C16H12BrF2N3O4. The van der Waals surface area contributed by atoms with Gasteiger partial charge in [-0.15, -0.1) is 0 Å². The van der Waals surface area contributed by atoms with Crippen molar-refractivity contribution in [2.45, 2.75) is 0 Å². The lowest BCUT2D eigenvalue weighted by atomic mass is 10.1. The zero-order valence-corrected chi connectivity index (χ0v) is 14.6. The molecular weight excluding hydrogens is 416 g/mol. The number of halogens is 3. The molecule has 3 aromatic rings. The van der Waals surface area contributed by atoms with Crippen molar-refractivity contribution in [1.82, 2.24) is 10.5 Å². The molecule has 10 heteroatoms. The monoisotopic (exact) mass is 427 g/mol. The van der Waals surface area contributed by atoms with E-state index in [1.165, 1.54) is 18.2 Å². The minimum Gasteiger partial charge on any atom is -0.443 e. The predicted molar refractivity (Wildman–Crippen MR) is 91.9 cm³/mol. The van der Waals surface area contributed by atoms with Crippen LogP contribution in [0.2, 0.25) is 0 Å². The van der Waals surface area contributed by atoms with Crippen molar-refractivity contribution in [2.75, 3.05) is 18.5 Å². The van der Waals surface area contributed by atoms with E-state index in [0.717, 1.165) is 6.39 Å². The Hall–Kier alpha value is -2.56. The van der Waals surface area contributed by atoms with E-state index < -0.39 is 17.5 Å². The summed E-state index contributed by atoms with van der Waals surface area (Å²) in [6.45, 7) is -0.464. The van der Waals surface area contributed by atoms with Crippen molar-refractivity contribution < 1.29 is 27.9 Å². The molecule has 0 atom stereocenters. The van der Waals surface area contributed by atoms with Gasteiger partial charge in [-0.2, -0.15) is 0 Å². The van der Waals surface area contributed by atoms with Crippen LogP contribution in [-0.2, 0) is 4.84 Å². The number of hydrogen-bond acceptors (Lipinski definition) is 6. The van der Waals surface area contributed by atoms with Gasteiger partial charge in [0.15, 0.2) is 17.8 Å². The van der Waals surface area contributed by atoms with E-state index in [9.17, 15) is 13.6 Å². The van der Waals surface area contributed by atoms with Gasteiger partial charge in [-0.25, -0.2) is 19.2 Å². The van der Waals surface area contributed by atoms with Crippen LogP contribution in [0.5, 0.6) is 0 Å². The van der Waals surface area contributed by atoms with Gasteiger partial charge >= 0.3 is 0 Å². The number of hydroxylamine groups is 1. The zero-order valence-electron chi connectivity index (χ0n) is 13.1. The fourth-order valence-electron chi connectivity index (χ4n) is 2.21. The van der Waals surface area contributed by atoms with Gasteiger partial charge in [0.2, 0.25) is 0 Å². The quantitative estimate of drug-likeness (QED) is 0.412. The molecule has 1 aromatic heterocycles.